The SMILES string of the molecule is Nc1cc(F)c(Br)c2c1CCC[C@@H]2N. The van der Waals surface area contributed by atoms with Gasteiger partial charge in [-0.05, 0) is 52.4 Å². The Morgan fingerprint density at radius 1 is 1.50 bits per heavy atom. The summed E-state index contributed by atoms with van der Waals surface area (Å²) >= 11 is 3.23. The van der Waals surface area contributed by atoms with E-state index in [9.17, 15) is 4.39 Å². The highest BCUT2D eigenvalue weighted by molar-refractivity contribution is 9.10. The molecule has 1 aromatic rings. The molecule has 1 aromatic carbocycles. The van der Waals surface area contributed by atoms with Crippen LogP contribution >= 0.6 is 15.9 Å². The summed E-state index contributed by atoms with van der Waals surface area (Å²) in [5, 5.41) is 0. The van der Waals surface area contributed by atoms with Gasteiger partial charge in [0.25, 0.3) is 0 Å². The third kappa shape index (κ3) is 1.42. The van der Waals surface area contributed by atoms with Crippen molar-refractivity contribution < 1.29 is 4.39 Å². The minimum atomic E-state index is -0.321. The van der Waals surface area contributed by atoms with Crippen LogP contribution in [0.2, 0.25) is 0 Å². The van der Waals surface area contributed by atoms with Gasteiger partial charge in [-0.3, -0.25) is 0 Å². The van der Waals surface area contributed by atoms with Crippen LogP contribution in [0.5, 0.6) is 0 Å². The van der Waals surface area contributed by atoms with Crippen molar-refractivity contribution >= 4 is 21.6 Å². The summed E-state index contributed by atoms with van der Waals surface area (Å²) in [6.45, 7) is 0. The number of fused-ring (bicyclic) bond motifs is 1. The zero-order valence-corrected chi connectivity index (χ0v) is 9.27. The van der Waals surface area contributed by atoms with Gasteiger partial charge in [0, 0.05) is 11.7 Å². The first-order valence-electron chi connectivity index (χ1n) is 4.63. The highest BCUT2D eigenvalue weighted by atomic mass is 79.9. The molecule has 0 unspecified atom stereocenters. The van der Waals surface area contributed by atoms with Crippen LogP contribution in [0.25, 0.3) is 0 Å². The zero-order chi connectivity index (χ0) is 10.3. The molecule has 0 aromatic heterocycles. The number of hydrogen-bond donors (Lipinski definition) is 2. The van der Waals surface area contributed by atoms with E-state index in [1.54, 1.807) is 0 Å². The monoisotopic (exact) mass is 258 g/mol. The first kappa shape index (κ1) is 9.93. The molecule has 14 heavy (non-hydrogen) atoms. The van der Waals surface area contributed by atoms with Crippen LogP contribution in [0.1, 0.15) is 30.0 Å². The third-order valence-electron chi connectivity index (χ3n) is 2.71. The molecule has 0 heterocycles. The van der Waals surface area contributed by atoms with E-state index < -0.39 is 0 Å². The quantitative estimate of drug-likeness (QED) is 0.703. The maximum absolute atomic E-state index is 13.4. The van der Waals surface area contributed by atoms with Gasteiger partial charge in [0.2, 0.25) is 0 Å². The summed E-state index contributed by atoms with van der Waals surface area (Å²) < 4.78 is 13.8. The fourth-order valence-corrected chi connectivity index (χ4v) is 2.66. The molecule has 4 heteroatoms. The van der Waals surface area contributed by atoms with E-state index in [4.69, 9.17) is 11.5 Å². The van der Waals surface area contributed by atoms with Crippen molar-refractivity contribution in [1.29, 1.82) is 0 Å². The molecule has 0 saturated carbocycles. The number of anilines is 1. The molecule has 1 aliphatic carbocycles. The van der Waals surface area contributed by atoms with E-state index in [2.05, 4.69) is 15.9 Å². The number of nitrogens with two attached hydrogens (primary N) is 2. The molecule has 0 saturated heterocycles. The minimum absolute atomic E-state index is 0.0916. The van der Waals surface area contributed by atoms with Crippen molar-refractivity contribution in [1.82, 2.24) is 0 Å². The van der Waals surface area contributed by atoms with Crippen molar-refractivity contribution in [2.75, 3.05) is 5.73 Å². The molecule has 76 valence electrons. The van der Waals surface area contributed by atoms with Crippen molar-refractivity contribution in [3.63, 3.8) is 0 Å². The Hall–Kier alpha value is -0.610. The molecule has 1 atom stereocenters. The number of nitrogen functional groups attached to an aromatic ring is 1. The smallest absolute Gasteiger partial charge is 0.139 e. The van der Waals surface area contributed by atoms with Crippen LogP contribution in [-0.4, -0.2) is 0 Å². The molecule has 4 N–H and O–H groups in total. The largest absolute Gasteiger partial charge is 0.398 e. The van der Waals surface area contributed by atoms with Gasteiger partial charge in [-0.25, -0.2) is 4.39 Å². The fraction of sp³-hybridized carbons (Fsp3) is 0.400. The van der Waals surface area contributed by atoms with Gasteiger partial charge >= 0.3 is 0 Å². The summed E-state index contributed by atoms with van der Waals surface area (Å²) in [7, 11) is 0. The van der Waals surface area contributed by atoms with Crippen LogP contribution in [0.3, 0.4) is 0 Å². The molecule has 0 radical (unpaired) electrons. The molecular weight excluding hydrogens is 247 g/mol. The number of benzene rings is 1. The summed E-state index contributed by atoms with van der Waals surface area (Å²) in [6.07, 6.45) is 2.82. The van der Waals surface area contributed by atoms with Gasteiger partial charge < -0.3 is 11.5 Å². The first-order chi connectivity index (χ1) is 6.61. The van der Waals surface area contributed by atoms with E-state index in [1.165, 1.54) is 6.07 Å². The predicted octanol–water partition coefficient (Wildman–Crippen LogP) is 2.51. The fourth-order valence-electron chi connectivity index (χ4n) is 2.01. The normalized spacial score (nSPS) is 20.6. The lowest BCUT2D eigenvalue weighted by Gasteiger charge is -2.25. The highest BCUT2D eigenvalue weighted by Crippen LogP contribution is 2.38. The Bertz CT molecular complexity index is 379. The highest BCUT2D eigenvalue weighted by Gasteiger charge is 2.23. The van der Waals surface area contributed by atoms with Gasteiger partial charge in [-0.15, -0.1) is 0 Å². The Balaban J connectivity index is 2.67. The van der Waals surface area contributed by atoms with Gasteiger partial charge in [-0.1, -0.05) is 0 Å². The first-order valence-corrected chi connectivity index (χ1v) is 5.42. The molecular formula is C10H12BrFN2. The van der Waals surface area contributed by atoms with E-state index >= 15 is 0 Å². The minimum Gasteiger partial charge on any atom is -0.398 e. The molecule has 2 rings (SSSR count). The Morgan fingerprint density at radius 2 is 2.21 bits per heavy atom. The summed E-state index contributed by atoms with van der Waals surface area (Å²) in [6, 6.07) is 1.27. The maximum Gasteiger partial charge on any atom is 0.139 e. The van der Waals surface area contributed by atoms with Crippen LogP contribution < -0.4 is 11.5 Å². The number of halogens is 2. The lowest BCUT2D eigenvalue weighted by Crippen LogP contribution is -2.20. The van der Waals surface area contributed by atoms with Gasteiger partial charge in [0.05, 0.1) is 4.47 Å². The van der Waals surface area contributed by atoms with E-state index in [0.717, 1.165) is 30.4 Å². The average Bonchev–Trinajstić information content (AvgIpc) is 2.14. The van der Waals surface area contributed by atoms with Crippen LogP contribution in [0.15, 0.2) is 10.5 Å². The Morgan fingerprint density at radius 3 is 2.93 bits per heavy atom. The molecule has 2 nitrogen and oxygen atoms in total. The second-order valence-corrected chi connectivity index (χ2v) is 4.45. The average molecular weight is 259 g/mol. The van der Waals surface area contributed by atoms with Crippen LogP contribution in [-0.2, 0) is 6.42 Å². The standard InChI is InChI=1S/C10H12BrFN2/c11-10-6(12)4-8(14)5-2-1-3-7(13)9(5)10/h4,7H,1-3,13-14H2/t7-/m0/s1. The van der Waals surface area contributed by atoms with Crippen molar-refractivity contribution in [3.8, 4) is 0 Å². The summed E-state index contributed by atoms with van der Waals surface area (Å²) in [5.74, 6) is -0.321. The molecule has 0 spiro atoms. The maximum atomic E-state index is 13.4. The Kier molecular flexibility index (Phi) is 2.49. The molecule has 0 fully saturated rings. The van der Waals surface area contributed by atoms with E-state index in [-0.39, 0.29) is 11.9 Å². The van der Waals surface area contributed by atoms with E-state index in [1.807, 2.05) is 0 Å². The van der Waals surface area contributed by atoms with Crippen LogP contribution in [0, 0.1) is 5.82 Å². The summed E-state index contributed by atoms with van der Waals surface area (Å²) in [4.78, 5) is 0. The van der Waals surface area contributed by atoms with Crippen LogP contribution in [0.4, 0.5) is 10.1 Å². The van der Waals surface area contributed by atoms with Gasteiger partial charge in [-0.2, -0.15) is 0 Å². The predicted molar refractivity (Wildman–Crippen MR) is 58.4 cm³/mol. The third-order valence-corrected chi connectivity index (χ3v) is 3.52. The number of rotatable bonds is 0. The number of hydrogen-bond acceptors (Lipinski definition) is 2. The second kappa shape index (κ2) is 3.51. The zero-order valence-electron chi connectivity index (χ0n) is 7.69. The lowest BCUT2D eigenvalue weighted by molar-refractivity contribution is 0.553. The Labute approximate surface area is 90.6 Å². The lowest BCUT2D eigenvalue weighted by atomic mass is 9.87. The molecule has 1 aliphatic rings. The molecule has 0 aliphatic heterocycles. The summed E-state index contributed by atoms with van der Waals surface area (Å²) in [5.41, 5.74) is 14.1. The van der Waals surface area contributed by atoms with Crippen molar-refractivity contribution in [2.45, 2.75) is 25.3 Å². The van der Waals surface area contributed by atoms with Gasteiger partial charge in [0.1, 0.15) is 5.82 Å². The van der Waals surface area contributed by atoms with E-state index in [0.29, 0.717) is 10.2 Å². The topological polar surface area (TPSA) is 52.0 Å². The van der Waals surface area contributed by atoms with Crippen molar-refractivity contribution in [2.24, 2.45) is 5.73 Å². The molecule has 0 amide bonds. The second-order valence-electron chi connectivity index (χ2n) is 3.65. The van der Waals surface area contributed by atoms with Gasteiger partial charge in [0.15, 0.2) is 0 Å². The van der Waals surface area contributed by atoms with Crippen molar-refractivity contribution in [3.05, 3.63) is 27.5 Å². The molecule has 0 bridgehead atoms.